The number of nitrogens with zero attached hydrogens (tertiary/aromatic N) is 4. The molecule has 0 aliphatic heterocycles. The van der Waals surface area contributed by atoms with E-state index in [2.05, 4.69) is 29.4 Å². The summed E-state index contributed by atoms with van der Waals surface area (Å²) in [6.07, 6.45) is 0.985. The molecule has 90 valence electrons. The van der Waals surface area contributed by atoms with E-state index in [1.165, 1.54) is 0 Å². The number of nitrogen functional groups attached to an aromatic ring is 1. The zero-order chi connectivity index (χ0) is 12.4. The first-order valence-corrected chi connectivity index (χ1v) is 5.77. The van der Waals surface area contributed by atoms with Crippen molar-refractivity contribution >= 4 is 5.69 Å². The van der Waals surface area contributed by atoms with Crippen LogP contribution < -0.4 is 5.73 Å². The molecule has 5 nitrogen and oxygen atoms in total. The van der Waals surface area contributed by atoms with E-state index in [-0.39, 0.29) is 6.04 Å². The highest BCUT2D eigenvalue weighted by atomic mass is 15.5. The Morgan fingerprint density at radius 2 is 2.18 bits per heavy atom. The molecule has 0 spiro atoms. The van der Waals surface area contributed by atoms with Crippen molar-refractivity contribution in [3.8, 4) is 11.4 Å². The normalized spacial score (nSPS) is 12.6. The van der Waals surface area contributed by atoms with Gasteiger partial charge in [0, 0.05) is 11.3 Å². The van der Waals surface area contributed by atoms with Gasteiger partial charge in [0.15, 0.2) is 5.82 Å². The minimum atomic E-state index is 0.280. The maximum absolute atomic E-state index is 5.91. The van der Waals surface area contributed by atoms with Crippen molar-refractivity contribution in [3.63, 3.8) is 0 Å². The second-order valence-corrected chi connectivity index (χ2v) is 4.28. The number of benzene rings is 1. The zero-order valence-electron chi connectivity index (χ0n) is 10.4. The number of anilines is 1. The third-order valence-electron chi connectivity index (χ3n) is 3.04. The molecule has 0 amide bonds. The highest BCUT2D eigenvalue weighted by Gasteiger charge is 2.13. The maximum atomic E-state index is 5.91. The number of rotatable bonds is 3. The highest BCUT2D eigenvalue weighted by Crippen LogP contribution is 2.23. The molecule has 1 unspecified atom stereocenters. The van der Waals surface area contributed by atoms with Gasteiger partial charge in [-0.1, -0.05) is 19.1 Å². The summed E-state index contributed by atoms with van der Waals surface area (Å²) >= 11 is 0. The Hall–Kier alpha value is -1.91. The quantitative estimate of drug-likeness (QED) is 0.822. The molecule has 2 N–H and O–H groups in total. The molecule has 17 heavy (non-hydrogen) atoms. The first kappa shape index (κ1) is 11.6. The number of aryl methyl sites for hydroxylation is 1. The molecule has 0 saturated heterocycles. The minimum absolute atomic E-state index is 0.280. The van der Waals surface area contributed by atoms with Gasteiger partial charge < -0.3 is 5.73 Å². The summed E-state index contributed by atoms with van der Waals surface area (Å²) in [5.74, 6) is 0.769. The second-order valence-electron chi connectivity index (χ2n) is 4.28. The average Bonchev–Trinajstić information content (AvgIpc) is 2.80. The Morgan fingerprint density at radius 1 is 1.41 bits per heavy atom. The average molecular weight is 231 g/mol. The van der Waals surface area contributed by atoms with E-state index in [4.69, 9.17) is 5.73 Å². The van der Waals surface area contributed by atoms with Crippen LogP contribution in [0.5, 0.6) is 0 Å². The van der Waals surface area contributed by atoms with Crippen LogP contribution in [-0.2, 0) is 0 Å². The molecule has 0 bridgehead atoms. The van der Waals surface area contributed by atoms with Crippen LogP contribution >= 0.6 is 0 Å². The predicted molar refractivity (Wildman–Crippen MR) is 67.4 cm³/mol. The Labute approximate surface area is 101 Å². The van der Waals surface area contributed by atoms with Crippen molar-refractivity contribution in [1.82, 2.24) is 20.2 Å². The van der Waals surface area contributed by atoms with Gasteiger partial charge in [-0.25, -0.2) is 4.68 Å². The molecule has 5 heteroatoms. The molecule has 0 aliphatic carbocycles. The summed E-state index contributed by atoms with van der Waals surface area (Å²) in [5, 5.41) is 11.8. The fourth-order valence-electron chi connectivity index (χ4n) is 1.63. The van der Waals surface area contributed by atoms with Crippen LogP contribution in [0.2, 0.25) is 0 Å². The number of aromatic nitrogens is 4. The molecule has 2 aromatic rings. The van der Waals surface area contributed by atoms with Crippen LogP contribution in [0.4, 0.5) is 5.69 Å². The van der Waals surface area contributed by atoms with Crippen molar-refractivity contribution < 1.29 is 0 Å². The maximum Gasteiger partial charge on any atom is 0.182 e. The molecule has 0 aliphatic rings. The summed E-state index contributed by atoms with van der Waals surface area (Å²) < 4.78 is 1.84. The van der Waals surface area contributed by atoms with Gasteiger partial charge in [0.2, 0.25) is 0 Å². The largest absolute Gasteiger partial charge is 0.398 e. The van der Waals surface area contributed by atoms with Gasteiger partial charge in [-0.05, 0) is 42.3 Å². The topological polar surface area (TPSA) is 69.6 Å². The molecule has 1 aromatic carbocycles. The van der Waals surface area contributed by atoms with Gasteiger partial charge in [0.05, 0.1) is 6.04 Å². The lowest BCUT2D eigenvalue weighted by atomic mass is 10.1. The van der Waals surface area contributed by atoms with E-state index in [9.17, 15) is 0 Å². The number of nitrogens with two attached hydrogens (primary N) is 1. The van der Waals surface area contributed by atoms with E-state index >= 15 is 0 Å². The molecule has 2 rings (SSSR count). The monoisotopic (exact) mass is 231 g/mol. The lowest BCUT2D eigenvalue weighted by molar-refractivity contribution is 0.469. The van der Waals surface area contributed by atoms with Gasteiger partial charge >= 0.3 is 0 Å². The van der Waals surface area contributed by atoms with Gasteiger partial charge in [-0.15, -0.1) is 5.10 Å². The van der Waals surface area contributed by atoms with Crippen LogP contribution in [0.25, 0.3) is 11.4 Å². The Kier molecular flexibility index (Phi) is 3.08. The van der Waals surface area contributed by atoms with Gasteiger partial charge in [-0.3, -0.25) is 0 Å². The Balaban J connectivity index is 2.46. The minimum Gasteiger partial charge on any atom is -0.398 e. The summed E-state index contributed by atoms with van der Waals surface area (Å²) in [6.45, 7) is 6.19. The van der Waals surface area contributed by atoms with Crippen LogP contribution in [0, 0.1) is 6.92 Å². The Bertz CT molecular complexity index is 517. The first-order valence-electron chi connectivity index (χ1n) is 5.77. The van der Waals surface area contributed by atoms with E-state index < -0.39 is 0 Å². The van der Waals surface area contributed by atoms with Crippen molar-refractivity contribution in [2.24, 2.45) is 0 Å². The van der Waals surface area contributed by atoms with E-state index in [0.29, 0.717) is 0 Å². The van der Waals surface area contributed by atoms with Gasteiger partial charge in [-0.2, -0.15) is 0 Å². The SMILES string of the molecule is CCC(C)n1nnnc1-c1ccc(C)c(N)c1. The molecule has 0 radical (unpaired) electrons. The molecular formula is C12H17N5. The van der Waals surface area contributed by atoms with Crippen molar-refractivity contribution in [1.29, 1.82) is 0 Å². The van der Waals surface area contributed by atoms with Crippen LogP contribution in [0.3, 0.4) is 0 Å². The summed E-state index contributed by atoms with van der Waals surface area (Å²) in [7, 11) is 0. The van der Waals surface area contributed by atoms with E-state index in [0.717, 1.165) is 29.1 Å². The third-order valence-corrected chi connectivity index (χ3v) is 3.04. The fourth-order valence-corrected chi connectivity index (χ4v) is 1.63. The van der Waals surface area contributed by atoms with Crippen molar-refractivity contribution in [2.45, 2.75) is 33.2 Å². The predicted octanol–water partition coefficient (Wildman–Crippen LogP) is 2.20. The fraction of sp³-hybridized carbons (Fsp3) is 0.417. The van der Waals surface area contributed by atoms with Gasteiger partial charge in [0.25, 0.3) is 0 Å². The van der Waals surface area contributed by atoms with Crippen LogP contribution in [-0.4, -0.2) is 20.2 Å². The van der Waals surface area contributed by atoms with Gasteiger partial charge in [0.1, 0.15) is 0 Å². The first-order chi connectivity index (χ1) is 8.13. The van der Waals surface area contributed by atoms with E-state index in [1.807, 2.05) is 29.8 Å². The van der Waals surface area contributed by atoms with Crippen LogP contribution in [0.1, 0.15) is 31.9 Å². The summed E-state index contributed by atoms with van der Waals surface area (Å²) in [6, 6.07) is 6.18. The zero-order valence-corrected chi connectivity index (χ0v) is 10.4. The lowest BCUT2D eigenvalue weighted by Gasteiger charge is -2.11. The van der Waals surface area contributed by atoms with Crippen LogP contribution in [0.15, 0.2) is 18.2 Å². The molecule has 0 fully saturated rings. The highest BCUT2D eigenvalue weighted by molar-refractivity contribution is 5.63. The lowest BCUT2D eigenvalue weighted by Crippen LogP contribution is -2.08. The van der Waals surface area contributed by atoms with E-state index in [1.54, 1.807) is 0 Å². The molecule has 1 heterocycles. The number of hydrogen-bond donors (Lipinski definition) is 1. The van der Waals surface area contributed by atoms with Crippen molar-refractivity contribution in [3.05, 3.63) is 23.8 Å². The second kappa shape index (κ2) is 4.53. The smallest absolute Gasteiger partial charge is 0.182 e. The molecular weight excluding hydrogens is 214 g/mol. The molecule has 0 saturated carbocycles. The third kappa shape index (κ3) is 2.13. The Morgan fingerprint density at radius 3 is 2.82 bits per heavy atom. The number of tetrazole rings is 1. The van der Waals surface area contributed by atoms with Crippen molar-refractivity contribution in [2.75, 3.05) is 5.73 Å². The molecule has 1 atom stereocenters. The number of hydrogen-bond acceptors (Lipinski definition) is 4. The summed E-state index contributed by atoms with van der Waals surface area (Å²) in [4.78, 5) is 0. The standard InChI is InChI=1S/C12H17N5/c1-4-9(3)17-12(14-15-16-17)10-6-5-8(2)11(13)7-10/h5-7,9H,4,13H2,1-3H3. The molecule has 1 aromatic heterocycles. The summed E-state index contributed by atoms with van der Waals surface area (Å²) in [5.41, 5.74) is 8.70.